The Kier molecular flexibility index (Phi) is 4.99. The number of amides is 2. The van der Waals surface area contributed by atoms with Crippen LogP contribution in [0.5, 0.6) is 0 Å². The first-order chi connectivity index (χ1) is 8.26. The summed E-state index contributed by atoms with van der Waals surface area (Å²) in [5.74, 6) is 0.0125. The van der Waals surface area contributed by atoms with Crippen LogP contribution in [0.1, 0.15) is 53.4 Å². The Balaban J connectivity index is 2.27. The lowest BCUT2D eigenvalue weighted by atomic mass is 9.91. The van der Waals surface area contributed by atoms with E-state index in [-0.39, 0.29) is 24.1 Å². The Morgan fingerprint density at radius 2 is 1.44 bits per heavy atom. The molecule has 1 fully saturated rings. The highest BCUT2D eigenvalue weighted by molar-refractivity contribution is 5.73. The minimum atomic E-state index is -0.461. The van der Waals surface area contributed by atoms with E-state index in [0.717, 1.165) is 25.7 Å². The molecule has 1 aliphatic rings. The summed E-state index contributed by atoms with van der Waals surface area (Å²) >= 11 is 0. The SMILES string of the molecule is CC(=O)N[C@H]1CC[C@H](NC(=O)OC(C)(C)C)CC1. The first-order valence-electron chi connectivity index (χ1n) is 6.53. The summed E-state index contributed by atoms with van der Waals surface area (Å²) in [4.78, 5) is 22.5. The molecule has 2 N–H and O–H groups in total. The van der Waals surface area contributed by atoms with Crippen LogP contribution in [0.15, 0.2) is 0 Å². The zero-order valence-electron chi connectivity index (χ0n) is 11.7. The van der Waals surface area contributed by atoms with Crippen molar-refractivity contribution in [1.29, 1.82) is 0 Å². The van der Waals surface area contributed by atoms with Crippen LogP contribution in [0.2, 0.25) is 0 Å². The van der Waals surface area contributed by atoms with Crippen molar-refractivity contribution in [1.82, 2.24) is 10.6 Å². The molecule has 0 atom stereocenters. The van der Waals surface area contributed by atoms with Crippen molar-refractivity contribution in [3.05, 3.63) is 0 Å². The van der Waals surface area contributed by atoms with Crippen LogP contribution in [0.3, 0.4) is 0 Å². The fourth-order valence-electron chi connectivity index (χ4n) is 2.14. The Hall–Kier alpha value is -1.26. The maximum Gasteiger partial charge on any atom is 0.407 e. The maximum absolute atomic E-state index is 11.6. The summed E-state index contributed by atoms with van der Waals surface area (Å²) in [5.41, 5.74) is -0.461. The van der Waals surface area contributed by atoms with E-state index in [2.05, 4.69) is 10.6 Å². The van der Waals surface area contributed by atoms with Gasteiger partial charge < -0.3 is 15.4 Å². The Bertz CT molecular complexity index is 302. The van der Waals surface area contributed by atoms with Gasteiger partial charge in [0.15, 0.2) is 0 Å². The highest BCUT2D eigenvalue weighted by atomic mass is 16.6. The first kappa shape index (κ1) is 14.8. The van der Waals surface area contributed by atoms with Gasteiger partial charge in [-0.3, -0.25) is 4.79 Å². The van der Waals surface area contributed by atoms with Gasteiger partial charge in [-0.15, -0.1) is 0 Å². The number of hydrogen-bond acceptors (Lipinski definition) is 3. The van der Waals surface area contributed by atoms with Gasteiger partial charge in [0.1, 0.15) is 5.60 Å². The monoisotopic (exact) mass is 256 g/mol. The number of carbonyl (C=O) groups is 2. The van der Waals surface area contributed by atoms with Crippen molar-refractivity contribution in [2.24, 2.45) is 0 Å². The fraction of sp³-hybridized carbons (Fsp3) is 0.846. The molecular formula is C13H24N2O3. The van der Waals surface area contributed by atoms with Crippen molar-refractivity contribution in [3.8, 4) is 0 Å². The average molecular weight is 256 g/mol. The van der Waals surface area contributed by atoms with E-state index >= 15 is 0 Å². The predicted octanol–water partition coefficient (Wildman–Crippen LogP) is 1.96. The predicted molar refractivity (Wildman–Crippen MR) is 69.2 cm³/mol. The zero-order chi connectivity index (χ0) is 13.8. The second kappa shape index (κ2) is 6.07. The van der Waals surface area contributed by atoms with Crippen LogP contribution in [0.25, 0.3) is 0 Å². The molecule has 0 aromatic rings. The molecule has 1 aliphatic carbocycles. The van der Waals surface area contributed by atoms with E-state index in [1.165, 1.54) is 6.92 Å². The molecule has 0 unspecified atom stereocenters. The van der Waals surface area contributed by atoms with Crippen molar-refractivity contribution >= 4 is 12.0 Å². The van der Waals surface area contributed by atoms with E-state index in [4.69, 9.17) is 4.74 Å². The van der Waals surface area contributed by atoms with Crippen LogP contribution in [0.4, 0.5) is 4.79 Å². The van der Waals surface area contributed by atoms with Crippen LogP contribution in [-0.4, -0.2) is 29.7 Å². The molecule has 5 heteroatoms. The third-order valence-corrected chi connectivity index (χ3v) is 2.86. The van der Waals surface area contributed by atoms with Gasteiger partial charge in [-0.25, -0.2) is 4.79 Å². The molecule has 0 aromatic heterocycles. The molecule has 0 saturated heterocycles. The average Bonchev–Trinajstić information content (AvgIpc) is 2.17. The molecule has 0 spiro atoms. The molecule has 1 rings (SSSR count). The zero-order valence-corrected chi connectivity index (χ0v) is 11.7. The van der Waals surface area contributed by atoms with Crippen LogP contribution >= 0.6 is 0 Å². The van der Waals surface area contributed by atoms with E-state index in [1.54, 1.807) is 0 Å². The number of nitrogens with one attached hydrogen (secondary N) is 2. The molecule has 0 bridgehead atoms. The third kappa shape index (κ3) is 5.89. The van der Waals surface area contributed by atoms with Crippen molar-refractivity contribution in [2.75, 3.05) is 0 Å². The molecule has 0 heterocycles. The molecule has 104 valence electrons. The standard InChI is InChI=1S/C13H24N2O3/c1-9(16)14-10-5-7-11(8-6-10)15-12(17)18-13(2,3)4/h10-11H,5-8H2,1-4H3,(H,14,16)(H,15,17)/t10-,11-. The van der Waals surface area contributed by atoms with Crippen molar-refractivity contribution < 1.29 is 14.3 Å². The number of hydrogen-bond donors (Lipinski definition) is 2. The van der Waals surface area contributed by atoms with Gasteiger partial charge in [-0.05, 0) is 46.5 Å². The molecule has 5 nitrogen and oxygen atoms in total. The van der Waals surface area contributed by atoms with Gasteiger partial charge in [-0.1, -0.05) is 0 Å². The number of alkyl carbamates (subject to hydrolysis) is 1. The molecule has 0 radical (unpaired) electrons. The summed E-state index contributed by atoms with van der Waals surface area (Å²) in [7, 11) is 0. The van der Waals surface area contributed by atoms with Crippen LogP contribution < -0.4 is 10.6 Å². The van der Waals surface area contributed by atoms with E-state index < -0.39 is 5.60 Å². The van der Waals surface area contributed by atoms with Gasteiger partial charge in [-0.2, -0.15) is 0 Å². The second-order valence-corrected chi connectivity index (χ2v) is 5.90. The molecular weight excluding hydrogens is 232 g/mol. The number of carbonyl (C=O) groups excluding carboxylic acids is 2. The minimum absolute atomic E-state index is 0.0125. The minimum Gasteiger partial charge on any atom is -0.444 e. The number of rotatable bonds is 2. The van der Waals surface area contributed by atoms with Crippen LogP contribution in [-0.2, 0) is 9.53 Å². The van der Waals surface area contributed by atoms with Gasteiger partial charge in [0.2, 0.25) is 5.91 Å². The van der Waals surface area contributed by atoms with E-state index in [0.29, 0.717) is 0 Å². The van der Waals surface area contributed by atoms with Crippen molar-refractivity contribution in [3.63, 3.8) is 0 Å². The highest BCUT2D eigenvalue weighted by Gasteiger charge is 2.24. The molecule has 2 amide bonds. The third-order valence-electron chi connectivity index (χ3n) is 2.86. The second-order valence-electron chi connectivity index (χ2n) is 5.90. The summed E-state index contributed by atoms with van der Waals surface area (Å²) in [6.45, 7) is 7.08. The summed E-state index contributed by atoms with van der Waals surface area (Å²) in [6, 6.07) is 0.407. The lowest BCUT2D eigenvalue weighted by molar-refractivity contribution is -0.119. The molecule has 0 aromatic carbocycles. The van der Waals surface area contributed by atoms with Gasteiger partial charge in [0, 0.05) is 19.0 Å². The van der Waals surface area contributed by atoms with Crippen LogP contribution in [0, 0.1) is 0 Å². The van der Waals surface area contributed by atoms with E-state index in [1.807, 2.05) is 20.8 Å². The number of ether oxygens (including phenoxy) is 1. The Morgan fingerprint density at radius 1 is 1.00 bits per heavy atom. The molecule has 18 heavy (non-hydrogen) atoms. The quantitative estimate of drug-likeness (QED) is 0.793. The van der Waals surface area contributed by atoms with Gasteiger partial charge in [0.05, 0.1) is 0 Å². The highest BCUT2D eigenvalue weighted by Crippen LogP contribution is 2.19. The molecule has 0 aliphatic heterocycles. The Labute approximate surface area is 109 Å². The lowest BCUT2D eigenvalue weighted by Crippen LogP contribution is -2.44. The maximum atomic E-state index is 11.6. The summed E-state index contributed by atoms with van der Waals surface area (Å²) in [6.07, 6.45) is 3.21. The van der Waals surface area contributed by atoms with E-state index in [9.17, 15) is 9.59 Å². The summed E-state index contributed by atoms with van der Waals surface area (Å²) in [5, 5.41) is 5.79. The smallest absolute Gasteiger partial charge is 0.407 e. The normalized spacial score (nSPS) is 24.2. The van der Waals surface area contributed by atoms with Crippen molar-refractivity contribution in [2.45, 2.75) is 71.1 Å². The topological polar surface area (TPSA) is 67.4 Å². The largest absolute Gasteiger partial charge is 0.444 e. The fourth-order valence-corrected chi connectivity index (χ4v) is 2.14. The Morgan fingerprint density at radius 3 is 1.83 bits per heavy atom. The first-order valence-corrected chi connectivity index (χ1v) is 6.53. The summed E-state index contributed by atoms with van der Waals surface area (Å²) < 4.78 is 5.21. The lowest BCUT2D eigenvalue weighted by Gasteiger charge is -2.30. The van der Waals surface area contributed by atoms with Gasteiger partial charge in [0.25, 0.3) is 0 Å². The molecule has 1 saturated carbocycles. The van der Waals surface area contributed by atoms with Gasteiger partial charge >= 0.3 is 6.09 Å².